The molecule has 1 rings (SSSR count). The van der Waals surface area contributed by atoms with Crippen LogP contribution < -0.4 is 0 Å². The molecule has 0 amide bonds. The molecule has 0 aromatic rings. The van der Waals surface area contributed by atoms with Crippen LogP contribution in [0.3, 0.4) is 0 Å². The maximum absolute atomic E-state index is 2.29. The molecule has 0 nitrogen and oxygen atoms in total. The molecule has 0 aromatic carbocycles. The molecular formula is C13H20. The van der Waals surface area contributed by atoms with Crippen LogP contribution in [0.15, 0.2) is 36.0 Å². The molecule has 0 saturated carbocycles. The third-order valence-electron chi connectivity index (χ3n) is 2.45. The molecule has 13 heavy (non-hydrogen) atoms. The second kappa shape index (κ2) is 6.71. The van der Waals surface area contributed by atoms with E-state index >= 15 is 0 Å². The molecule has 0 fully saturated rings. The molecule has 0 atom stereocenters. The molecule has 0 unspecified atom stereocenters. The Kier molecular flexibility index (Phi) is 5.31. The zero-order chi connectivity index (χ0) is 9.36. The maximum Gasteiger partial charge on any atom is -0.0282 e. The van der Waals surface area contributed by atoms with Crippen LogP contribution in [-0.2, 0) is 0 Å². The van der Waals surface area contributed by atoms with E-state index in [1.165, 1.54) is 38.5 Å². The summed E-state index contributed by atoms with van der Waals surface area (Å²) < 4.78 is 0. The Morgan fingerprint density at radius 2 is 2.31 bits per heavy atom. The Hall–Kier alpha value is -0.780. The molecule has 0 saturated heterocycles. The molecule has 72 valence electrons. The summed E-state index contributed by atoms with van der Waals surface area (Å²) >= 11 is 0. The van der Waals surface area contributed by atoms with Crippen LogP contribution in [0.2, 0.25) is 0 Å². The molecule has 0 aliphatic heterocycles. The number of unbranched alkanes of at least 4 members (excludes halogenated alkanes) is 2. The number of hydrogen-bond acceptors (Lipinski definition) is 0. The maximum atomic E-state index is 2.29. The Morgan fingerprint density at radius 1 is 1.38 bits per heavy atom. The molecule has 0 aromatic heterocycles. The SMILES string of the molecule is C/C=C\CCCCC1=CC=CCC1. The Bertz CT molecular complexity index is 206. The Balaban J connectivity index is 2.05. The van der Waals surface area contributed by atoms with Gasteiger partial charge in [-0.15, -0.1) is 0 Å². The lowest BCUT2D eigenvalue weighted by Gasteiger charge is -2.07. The number of hydrogen-bond donors (Lipinski definition) is 0. The van der Waals surface area contributed by atoms with E-state index in [0.29, 0.717) is 0 Å². The summed E-state index contributed by atoms with van der Waals surface area (Å²) in [4.78, 5) is 0. The minimum atomic E-state index is 1.25. The van der Waals surface area contributed by atoms with Crippen molar-refractivity contribution >= 4 is 0 Å². The monoisotopic (exact) mass is 176 g/mol. The lowest BCUT2D eigenvalue weighted by molar-refractivity contribution is 0.717. The third-order valence-corrected chi connectivity index (χ3v) is 2.45. The molecule has 1 aliphatic carbocycles. The van der Waals surface area contributed by atoms with Gasteiger partial charge >= 0.3 is 0 Å². The first kappa shape index (κ1) is 10.3. The van der Waals surface area contributed by atoms with Crippen LogP contribution in [0.5, 0.6) is 0 Å². The average molecular weight is 176 g/mol. The van der Waals surface area contributed by atoms with Gasteiger partial charge in [0.25, 0.3) is 0 Å². The second-order valence-electron chi connectivity index (χ2n) is 3.61. The topological polar surface area (TPSA) is 0 Å². The van der Waals surface area contributed by atoms with Crippen molar-refractivity contribution < 1.29 is 0 Å². The van der Waals surface area contributed by atoms with Crippen molar-refractivity contribution in [1.82, 2.24) is 0 Å². The van der Waals surface area contributed by atoms with Gasteiger partial charge in [0.05, 0.1) is 0 Å². The van der Waals surface area contributed by atoms with Gasteiger partial charge in [0.2, 0.25) is 0 Å². The standard InChI is InChI=1S/C13H20/c1-2-3-4-5-7-10-13-11-8-6-9-12-13/h2-3,6,8,11H,4-5,7,9-10,12H2,1H3/b3-2-. The van der Waals surface area contributed by atoms with Crippen molar-refractivity contribution in [3.05, 3.63) is 36.0 Å². The van der Waals surface area contributed by atoms with Gasteiger partial charge in [-0.05, 0) is 45.4 Å². The molecule has 0 heterocycles. The fourth-order valence-corrected chi connectivity index (χ4v) is 1.64. The van der Waals surface area contributed by atoms with Crippen molar-refractivity contribution in [1.29, 1.82) is 0 Å². The first-order valence-electron chi connectivity index (χ1n) is 5.39. The lowest BCUT2D eigenvalue weighted by Crippen LogP contribution is -1.87. The van der Waals surface area contributed by atoms with Crippen molar-refractivity contribution in [2.75, 3.05) is 0 Å². The first-order chi connectivity index (χ1) is 6.43. The van der Waals surface area contributed by atoms with Gasteiger partial charge in [0.15, 0.2) is 0 Å². The summed E-state index contributed by atoms with van der Waals surface area (Å²) in [6, 6.07) is 0. The van der Waals surface area contributed by atoms with Crippen molar-refractivity contribution in [3.8, 4) is 0 Å². The fourth-order valence-electron chi connectivity index (χ4n) is 1.64. The fraction of sp³-hybridized carbons (Fsp3) is 0.538. The number of allylic oxidation sites excluding steroid dienone is 6. The van der Waals surface area contributed by atoms with Crippen LogP contribution in [0.4, 0.5) is 0 Å². The van der Waals surface area contributed by atoms with Gasteiger partial charge in [-0.2, -0.15) is 0 Å². The van der Waals surface area contributed by atoms with Gasteiger partial charge in [-0.25, -0.2) is 0 Å². The molecule has 0 spiro atoms. The highest BCUT2D eigenvalue weighted by atomic mass is 14.0. The van der Waals surface area contributed by atoms with E-state index in [-0.39, 0.29) is 0 Å². The van der Waals surface area contributed by atoms with Crippen molar-refractivity contribution in [2.24, 2.45) is 0 Å². The van der Waals surface area contributed by atoms with E-state index in [0.717, 1.165) is 0 Å². The number of rotatable bonds is 5. The molecule has 1 aliphatic rings. The summed E-state index contributed by atoms with van der Waals surface area (Å²) in [5, 5.41) is 0. The van der Waals surface area contributed by atoms with Gasteiger partial charge < -0.3 is 0 Å². The van der Waals surface area contributed by atoms with Gasteiger partial charge in [-0.3, -0.25) is 0 Å². The summed E-state index contributed by atoms with van der Waals surface area (Å²) in [6.07, 6.45) is 18.9. The molecule has 0 heteroatoms. The van der Waals surface area contributed by atoms with E-state index in [1.54, 1.807) is 5.57 Å². The zero-order valence-corrected chi connectivity index (χ0v) is 8.63. The highest BCUT2D eigenvalue weighted by Gasteiger charge is 1.98. The summed E-state index contributed by atoms with van der Waals surface area (Å²) in [5.74, 6) is 0. The minimum Gasteiger partial charge on any atom is -0.0917 e. The highest BCUT2D eigenvalue weighted by molar-refractivity contribution is 5.17. The summed E-state index contributed by atoms with van der Waals surface area (Å²) in [5.41, 5.74) is 1.64. The molecule has 0 bridgehead atoms. The van der Waals surface area contributed by atoms with Gasteiger partial charge in [-0.1, -0.05) is 36.0 Å². The van der Waals surface area contributed by atoms with Crippen molar-refractivity contribution in [2.45, 2.75) is 45.4 Å². The highest BCUT2D eigenvalue weighted by Crippen LogP contribution is 2.18. The van der Waals surface area contributed by atoms with E-state index in [2.05, 4.69) is 37.3 Å². The van der Waals surface area contributed by atoms with Crippen LogP contribution in [0.25, 0.3) is 0 Å². The van der Waals surface area contributed by atoms with Crippen LogP contribution >= 0.6 is 0 Å². The Morgan fingerprint density at radius 3 is 3.00 bits per heavy atom. The predicted molar refractivity (Wildman–Crippen MR) is 59.7 cm³/mol. The largest absolute Gasteiger partial charge is 0.0917 e. The van der Waals surface area contributed by atoms with E-state index in [9.17, 15) is 0 Å². The quantitative estimate of drug-likeness (QED) is 0.430. The van der Waals surface area contributed by atoms with Crippen LogP contribution in [-0.4, -0.2) is 0 Å². The Labute approximate surface area is 82.0 Å². The predicted octanol–water partition coefficient (Wildman–Crippen LogP) is 4.40. The third kappa shape index (κ3) is 4.72. The molecular weight excluding hydrogens is 156 g/mol. The first-order valence-corrected chi connectivity index (χ1v) is 5.39. The van der Waals surface area contributed by atoms with E-state index in [4.69, 9.17) is 0 Å². The summed E-state index contributed by atoms with van der Waals surface area (Å²) in [7, 11) is 0. The molecule has 0 N–H and O–H groups in total. The minimum absolute atomic E-state index is 1.25. The molecule has 0 radical (unpaired) electrons. The van der Waals surface area contributed by atoms with Crippen molar-refractivity contribution in [3.63, 3.8) is 0 Å². The normalized spacial score (nSPS) is 16.5. The van der Waals surface area contributed by atoms with E-state index < -0.39 is 0 Å². The van der Waals surface area contributed by atoms with Crippen LogP contribution in [0.1, 0.15) is 45.4 Å². The zero-order valence-electron chi connectivity index (χ0n) is 8.63. The van der Waals surface area contributed by atoms with E-state index in [1.807, 2.05) is 0 Å². The van der Waals surface area contributed by atoms with Gasteiger partial charge in [0.1, 0.15) is 0 Å². The average Bonchev–Trinajstić information content (AvgIpc) is 2.19. The smallest absolute Gasteiger partial charge is 0.0282 e. The van der Waals surface area contributed by atoms with Gasteiger partial charge in [0, 0.05) is 0 Å². The lowest BCUT2D eigenvalue weighted by atomic mass is 9.99. The summed E-state index contributed by atoms with van der Waals surface area (Å²) in [6.45, 7) is 2.09. The van der Waals surface area contributed by atoms with Crippen LogP contribution in [0, 0.1) is 0 Å². The second-order valence-corrected chi connectivity index (χ2v) is 3.61.